The van der Waals surface area contributed by atoms with Crippen molar-refractivity contribution >= 4 is 23.6 Å². The highest BCUT2D eigenvalue weighted by Gasteiger charge is 2.26. The van der Waals surface area contributed by atoms with Crippen LogP contribution in [0.2, 0.25) is 0 Å². The van der Waals surface area contributed by atoms with Crippen LogP contribution in [0.4, 0.5) is 0 Å². The van der Waals surface area contributed by atoms with Crippen molar-refractivity contribution in [1.29, 1.82) is 0 Å². The molecule has 1 saturated heterocycles. The molecule has 2 rings (SSSR count). The molecule has 0 spiro atoms. The summed E-state index contributed by atoms with van der Waals surface area (Å²) >= 11 is 1.84. The van der Waals surface area contributed by atoms with E-state index in [1.807, 2.05) is 17.8 Å². The van der Waals surface area contributed by atoms with Crippen molar-refractivity contribution in [1.82, 2.24) is 10.6 Å². The van der Waals surface area contributed by atoms with Crippen molar-refractivity contribution in [3.05, 3.63) is 73.9 Å². The van der Waals surface area contributed by atoms with Crippen LogP contribution in [0.3, 0.4) is 0 Å². The zero-order valence-electron chi connectivity index (χ0n) is 18.8. The van der Waals surface area contributed by atoms with Crippen molar-refractivity contribution in [3.63, 3.8) is 0 Å². The predicted molar refractivity (Wildman–Crippen MR) is 133 cm³/mol. The first kappa shape index (κ1) is 26.3. The summed E-state index contributed by atoms with van der Waals surface area (Å²) in [6, 6.07) is 3.10. The molecule has 1 aromatic rings. The lowest BCUT2D eigenvalue weighted by atomic mass is 10.0. The van der Waals surface area contributed by atoms with E-state index in [-0.39, 0.29) is 37.0 Å². The van der Waals surface area contributed by atoms with Gasteiger partial charge in [-0.15, -0.1) is 6.58 Å². The van der Waals surface area contributed by atoms with Gasteiger partial charge in [0.25, 0.3) is 5.91 Å². The molecule has 0 saturated carbocycles. The number of ether oxygens (including phenoxy) is 3. The zero-order valence-corrected chi connectivity index (χ0v) is 19.7. The van der Waals surface area contributed by atoms with Crippen LogP contribution in [0, 0.1) is 0 Å². The maximum atomic E-state index is 13.1. The van der Waals surface area contributed by atoms with Gasteiger partial charge in [-0.25, -0.2) is 4.79 Å². The summed E-state index contributed by atoms with van der Waals surface area (Å²) in [5.41, 5.74) is 0.225. The normalized spacial score (nSPS) is 17.0. The summed E-state index contributed by atoms with van der Waals surface area (Å²) in [5.74, 6) is 0.470. The van der Waals surface area contributed by atoms with Crippen LogP contribution < -0.4 is 20.1 Å². The lowest BCUT2D eigenvalue weighted by Gasteiger charge is -2.17. The minimum Gasteiger partial charge on any atom is -0.486 e. The first-order valence-electron chi connectivity index (χ1n) is 10.7. The first-order valence-corrected chi connectivity index (χ1v) is 11.8. The Kier molecular flexibility index (Phi) is 11.3. The van der Waals surface area contributed by atoms with Crippen LogP contribution in [-0.4, -0.2) is 61.8 Å². The third-order valence-corrected chi connectivity index (χ3v) is 5.99. The predicted octanol–water partition coefficient (Wildman–Crippen LogP) is 3.54. The number of nitrogens with one attached hydrogen (secondary N) is 2. The molecule has 1 aromatic carbocycles. The van der Waals surface area contributed by atoms with E-state index in [9.17, 15) is 9.59 Å². The number of rotatable bonds is 15. The van der Waals surface area contributed by atoms with Gasteiger partial charge in [-0.05, 0) is 18.6 Å². The molecule has 7 nitrogen and oxygen atoms in total. The molecular weight excluding hydrogens is 440 g/mol. The maximum Gasteiger partial charge on any atom is 0.339 e. The van der Waals surface area contributed by atoms with Crippen LogP contribution in [0.5, 0.6) is 11.5 Å². The average molecular weight is 473 g/mol. The molecule has 178 valence electrons. The number of esters is 1. The molecule has 2 unspecified atom stereocenters. The summed E-state index contributed by atoms with van der Waals surface area (Å²) in [6.07, 6.45) is 7.44. The second-order valence-corrected chi connectivity index (χ2v) is 8.56. The van der Waals surface area contributed by atoms with Crippen molar-refractivity contribution in [3.8, 4) is 11.5 Å². The Morgan fingerprint density at radius 1 is 1.00 bits per heavy atom. The third-order valence-electron chi connectivity index (χ3n) is 4.73. The highest BCUT2D eigenvalue weighted by molar-refractivity contribution is 8.00. The Hall–Kier alpha value is -2.97. The van der Waals surface area contributed by atoms with E-state index in [1.54, 1.807) is 12.2 Å². The van der Waals surface area contributed by atoms with Crippen LogP contribution in [-0.2, 0) is 4.74 Å². The molecule has 1 fully saturated rings. The second-order valence-electron chi connectivity index (χ2n) is 7.23. The highest BCUT2D eigenvalue weighted by atomic mass is 32.2. The Labute approximate surface area is 199 Å². The Bertz CT molecular complexity index is 871. The van der Waals surface area contributed by atoms with E-state index in [2.05, 4.69) is 36.9 Å². The van der Waals surface area contributed by atoms with Gasteiger partial charge < -0.3 is 24.8 Å². The molecule has 8 heteroatoms. The topological polar surface area (TPSA) is 85.9 Å². The summed E-state index contributed by atoms with van der Waals surface area (Å²) < 4.78 is 16.5. The van der Waals surface area contributed by atoms with Gasteiger partial charge in [-0.3, -0.25) is 4.79 Å². The molecule has 33 heavy (non-hydrogen) atoms. The monoisotopic (exact) mass is 472 g/mol. The number of hydrogen-bond donors (Lipinski definition) is 2. The maximum absolute atomic E-state index is 13.1. The number of thioether (sulfide) groups is 1. The minimum atomic E-state index is -0.654. The molecule has 0 aromatic heterocycles. The molecule has 1 aliphatic heterocycles. The molecule has 1 amide bonds. The fraction of sp³-hybridized carbons (Fsp3) is 0.360. The van der Waals surface area contributed by atoms with Crippen LogP contribution in [0.25, 0.3) is 0 Å². The van der Waals surface area contributed by atoms with E-state index >= 15 is 0 Å². The second kappa shape index (κ2) is 14.2. The van der Waals surface area contributed by atoms with Gasteiger partial charge >= 0.3 is 5.97 Å². The molecule has 2 N–H and O–H groups in total. The molecule has 0 radical (unpaired) electrons. The average Bonchev–Trinajstić information content (AvgIpc) is 3.29. The van der Waals surface area contributed by atoms with E-state index in [4.69, 9.17) is 14.2 Å². The van der Waals surface area contributed by atoms with Crippen LogP contribution in [0.1, 0.15) is 27.1 Å². The molecular formula is C25H32N2O5S. The summed E-state index contributed by atoms with van der Waals surface area (Å²) in [7, 11) is 0. The molecule has 1 aliphatic rings. The van der Waals surface area contributed by atoms with E-state index in [1.165, 1.54) is 18.2 Å². The summed E-state index contributed by atoms with van der Waals surface area (Å²) in [6.45, 7) is 16.3. The minimum absolute atomic E-state index is 0.0210. The van der Waals surface area contributed by atoms with Gasteiger partial charge in [0.1, 0.15) is 19.8 Å². The lowest BCUT2D eigenvalue weighted by Crippen LogP contribution is -2.37. The van der Waals surface area contributed by atoms with Crippen molar-refractivity contribution < 1.29 is 23.8 Å². The Balaban J connectivity index is 2.23. The zero-order chi connectivity index (χ0) is 24.1. The largest absolute Gasteiger partial charge is 0.486 e. The summed E-state index contributed by atoms with van der Waals surface area (Å²) in [5, 5.41) is 6.83. The quantitative estimate of drug-likeness (QED) is 0.298. The van der Waals surface area contributed by atoms with Gasteiger partial charge in [0.15, 0.2) is 11.5 Å². The standard InChI is InChI=1S/C25H32N2O5S/c1-5-9-30-22-14-20(21(25(29)32-11-7-3)15-23(22)31-10-6-2)24(28)27-16-18-13-19(17-26-18)33-12-8-4/h5-8,14-15,18-19,26H,1-4,9-13,16-17H2,(H,27,28). The van der Waals surface area contributed by atoms with Crippen molar-refractivity contribution in [2.24, 2.45) is 0 Å². The Morgan fingerprint density at radius 2 is 1.64 bits per heavy atom. The fourth-order valence-electron chi connectivity index (χ4n) is 3.23. The SMILES string of the molecule is C=CCOC(=O)c1cc(OCC=C)c(OCC=C)cc1C(=O)NCC1CC(SCC=C)CN1. The van der Waals surface area contributed by atoms with E-state index < -0.39 is 11.9 Å². The van der Waals surface area contributed by atoms with Crippen LogP contribution >= 0.6 is 11.8 Å². The number of carbonyl (C=O) groups excluding carboxylic acids is 2. The number of hydrogen-bond acceptors (Lipinski definition) is 7. The fourth-order valence-corrected chi connectivity index (χ4v) is 4.22. The van der Waals surface area contributed by atoms with Crippen LogP contribution in [0.15, 0.2) is 62.8 Å². The number of benzene rings is 1. The first-order chi connectivity index (χ1) is 16.0. The molecule has 2 atom stereocenters. The smallest absolute Gasteiger partial charge is 0.339 e. The third kappa shape index (κ3) is 8.14. The van der Waals surface area contributed by atoms with Gasteiger partial charge in [-0.1, -0.05) is 44.0 Å². The van der Waals surface area contributed by atoms with Crippen molar-refractivity contribution in [2.45, 2.75) is 17.7 Å². The van der Waals surface area contributed by atoms with Gasteiger partial charge in [0.05, 0.1) is 11.1 Å². The highest BCUT2D eigenvalue weighted by Crippen LogP contribution is 2.32. The van der Waals surface area contributed by atoms with Gasteiger partial charge in [0.2, 0.25) is 0 Å². The Morgan fingerprint density at radius 3 is 2.24 bits per heavy atom. The summed E-state index contributed by atoms with van der Waals surface area (Å²) in [4.78, 5) is 25.8. The van der Waals surface area contributed by atoms with Crippen molar-refractivity contribution in [2.75, 3.05) is 38.7 Å². The number of amides is 1. The number of carbonyl (C=O) groups is 2. The van der Waals surface area contributed by atoms with Gasteiger partial charge in [-0.2, -0.15) is 11.8 Å². The molecule has 0 bridgehead atoms. The molecule has 0 aliphatic carbocycles. The van der Waals surface area contributed by atoms with E-state index in [0.717, 1.165) is 18.7 Å². The molecule has 1 heterocycles. The lowest BCUT2D eigenvalue weighted by molar-refractivity contribution is 0.0545. The van der Waals surface area contributed by atoms with E-state index in [0.29, 0.717) is 23.3 Å². The van der Waals surface area contributed by atoms with Gasteiger partial charge in [0, 0.05) is 30.1 Å².